The summed E-state index contributed by atoms with van der Waals surface area (Å²) in [5.41, 5.74) is 2.31. The molecule has 0 radical (unpaired) electrons. The van der Waals surface area contributed by atoms with E-state index < -0.39 is 0 Å². The lowest BCUT2D eigenvalue weighted by Crippen LogP contribution is -2.30. The number of methoxy groups -OCH3 is 1. The van der Waals surface area contributed by atoms with Crippen LogP contribution in [0.3, 0.4) is 0 Å². The number of aryl methyl sites for hydroxylation is 1. The van der Waals surface area contributed by atoms with Crippen LogP contribution in [0.15, 0.2) is 30.5 Å². The molecule has 33 heavy (non-hydrogen) atoms. The van der Waals surface area contributed by atoms with E-state index in [0.29, 0.717) is 13.0 Å². The molecule has 6 nitrogen and oxygen atoms in total. The van der Waals surface area contributed by atoms with E-state index in [0.717, 1.165) is 53.9 Å². The number of piperidine rings is 1. The quantitative estimate of drug-likeness (QED) is 0.476. The summed E-state index contributed by atoms with van der Waals surface area (Å²) < 4.78 is 11.6. The summed E-state index contributed by atoms with van der Waals surface area (Å²) in [5, 5.41) is 0. The zero-order valence-corrected chi connectivity index (χ0v) is 20.5. The molecule has 2 aromatic rings. The van der Waals surface area contributed by atoms with E-state index in [4.69, 9.17) is 14.5 Å². The monoisotopic (exact) mass is 452 g/mol. The molecule has 0 unspecified atom stereocenters. The van der Waals surface area contributed by atoms with Crippen LogP contribution in [-0.4, -0.2) is 73.3 Å². The highest BCUT2D eigenvalue weighted by atomic mass is 16.5. The standard InChI is InChI=1S/C27H40N4O2/c1-30-17-11-22(12-18-30)6-8-24-10-13-28-27(29-24)21-23-7-9-25(32-2)26(20-23)33-19-5-16-31-14-3-4-15-31/h7,9-10,13,20,22H,3-6,8,11-12,14-19,21H2,1-2H3. The lowest BCUT2D eigenvalue weighted by atomic mass is 9.92. The van der Waals surface area contributed by atoms with Gasteiger partial charge in [-0.2, -0.15) is 0 Å². The van der Waals surface area contributed by atoms with Gasteiger partial charge in [0.2, 0.25) is 0 Å². The van der Waals surface area contributed by atoms with Gasteiger partial charge in [0, 0.05) is 24.9 Å². The Morgan fingerprint density at radius 2 is 1.85 bits per heavy atom. The van der Waals surface area contributed by atoms with Crippen molar-refractivity contribution < 1.29 is 9.47 Å². The largest absolute Gasteiger partial charge is 0.493 e. The Kier molecular flexibility index (Phi) is 8.95. The van der Waals surface area contributed by atoms with Crippen molar-refractivity contribution in [3.05, 3.63) is 47.5 Å². The molecule has 2 aliphatic rings. The van der Waals surface area contributed by atoms with E-state index >= 15 is 0 Å². The third-order valence-corrected chi connectivity index (χ3v) is 7.08. The van der Waals surface area contributed by atoms with Crippen LogP contribution in [0.2, 0.25) is 0 Å². The van der Waals surface area contributed by atoms with Gasteiger partial charge in [0.1, 0.15) is 5.82 Å². The first-order valence-electron chi connectivity index (χ1n) is 12.7. The normalized spacial score (nSPS) is 18.0. The van der Waals surface area contributed by atoms with E-state index in [1.807, 2.05) is 12.3 Å². The summed E-state index contributed by atoms with van der Waals surface area (Å²) in [6.07, 6.45) is 11.2. The molecule has 0 aliphatic carbocycles. The van der Waals surface area contributed by atoms with Gasteiger partial charge in [0.25, 0.3) is 0 Å². The van der Waals surface area contributed by atoms with Crippen molar-refractivity contribution in [2.75, 3.05) is 53.5 Å². The van der Waals surface area contributed by atoms with Crippen molar-refractivity contribution in [2.24, 2.45) is 5.92 Å². The second-order valence-corrected chi connectivity index (χ2v) is 9.66. The van der Waals surface area contributed by atoms with Gasteiger partial charge in [-0.15, -0.1) is 0 Å². The molecule has 0 spiro atoms. The average molecular weight is 453 g/mol. The third kappa shape index (κ3) is 7.41. The van der Waals surface area contributed by atoms with E-state index in [1.165, 1.54) is 58.3 Å². The highest BCUT2D eigenvalue weighted by Gasteiger charge is 2.17. The minimum Gasteiger partial charge on any atom is -0.493 e. The molecule has 1 aromatic heterocycles. The number of hydrogen-bond acceptors (Lipinski definition) is 6. The van der Waals surface area contributed by atoms with Crippen molar-refractivity contribution in [2.45, 2.75) is 51.4 Å². The van der Waals surface area contributed by atoms with Crippen molar-refractivity contribution in [3.63, 3.8) is 0 Å². The van der Waals surface area contributed by atoms with Gasteiger partial charge in [0.15, 0.2) is 11.5 Å². The molecule has 6 heteroatoms. The molecule has 0 amide bonds. The van der Waals surface area contributed by atoms with Gasteiger partial charge >= 0.3 is 0 Å². The molecule has 0 bridgehead atoms. The molecular formula is C27H40N4O2. The SMILES string of the molecule is COc1ccc(Cc2nccc(CCC3CCN(C)CC3)n2)cc1OCCCN1CCCC1. The highest BCUT2D eigenvalue weighted by molar-refractivity contribution is 5.43. The van der Waals surface area contributed by atoms with Crippen molar-refractivity contribution in [1.82, 2.24) is 19.8 Å². The number of rotatable bonds is 11. The Hall–Kier alpha value is -2.18. The third-order valence-electron chi connectivity index (χ3n) is 7.08. The van der Waals surface area contributed by atoms with Crippen LogP contribution in [-0.2, 0) is 12.8 Å². The fraction of sp³-hybridized carbons (Fsp3) is 0.630. The van der Waals surface area contributed by atoms with Gasteiger partial charge in [0.05, 0.1) is 13.7 Å². The van der Waals surface area contributed by atoms with Gasteiger partial charge in [-0.25, -0.2) is 9.97 Å². The van der Waals surface area contributed by atoms with Gasteiger partial charge in [-0.05, 0) is 108 Å². The Balaban J connectivity index is 1.30. The molecule has 0 atom stereocenters. The number of likely N-dealkylation sites (tertiary alicyclic amines) is 2. The lowest BCUT2D eigenvalue weighted by molar-refractivity contribution is 0.212. The Labute approximate surface area is 199 Å². The number of ether oxygens (including phenoxy) is 2. The van der Waals surface area contributed by atoms with Crippen LogP contribution >= 0.6 is 0 Å². The molecule has 0 N–H and O–H groups in total. The summed E-state index contributed by atoms with van der Waals surface area (Å²) in [4.78, 5) is 14.3. The fourth-order valence-corrected chi connectivity index (χ4v) is 4.97. The Bertz CT molecular complexity index is 861. The minimum atomic E-state index is 0.705. The molecule has 2 fully saturated rings. The maximum absolute atomic E-state index is 6.11. The maximum Gasteiger partial charge on any atom is 0.161 e. The summed E-state index contributed by atoms with van der Waals surface area (Å²) in [6, 6.07) is 8.24. The molecule has 180 valence electrons. The second kappa shape index (κ2) is 12.3. The highest BCUT2D eigenvalue weighted by Crippen LogP contribution is 2.29. The van der Waals surface area contributed by atoms with Gasteiger partial charge in [-0.1, -0.05) is 6.07 Å². The first-order chi connectivity index (χ1) is 16.2. The van der Waals surface area contributed by atoms with E-state index in [9.17, 15) is 0 Å². The second-order valence-electron chi connectivity index (χ2n) is 9.66. The van der Waals surface area contributed by atoms with Crippen molar-refractivity contribution >= 4 is 0 Å². The maximum atomic E-state index is 6.11. The Morgan fingerprint density at radius 1 is 1.03 bits per heavy atom. The minimum absolute atomic E-state index is 0.705. The molecule has 0 saturated carbocycles. The summed E-state index contributed by atoms with van der Waals surface area (Å²) in [6.45, 7) is 6.73. The van der Waals surface area contributed by atoms with Crippen LogP contribution in [0.4, 0.5) is 0 Å². The first-order valence-corrected chi connectivity index (χ1v) is 12.7. The average Bonchev–Trinajstić information content (AvgIpc) is 3.36. The zero-order valence-electron chi connectivity index (χ0n) is 20.5. The van der Waals surface area contributed by atoms with E-state index in [2.05, 4.69) is 40.0 Å². The number of benzene rings is 1. The summed E-state index contributed by atoms with van der Waals surface area (Å²) in [7, 11) is 3.92. The lowest BCUT2D eigenvalue weighted by Gasteiger charge is -2.28. The first kappa shape index (κ1) is 24.0. The van der Waals surface area contributed by atoms with Crippen LogP contribution in [0.5, 0.6) is 11.5 Å². The van der Waals surface area contributed by atoms with Crippen molar-refractivity contribution in [3.8, 4) is 11.5 Å². The Morgan fingerprint density at radius 3 is 2.64 bits per heavy atom. The zero-order chi connectivity index (χ0) is 22.9. The van der Waals surface area contributed by atoms with Crippen LogP contribution < -0.4 is 9.47 Å². The van der Waals surface area contributed by atoms with E-state index in [-0.39, 0.29) is 0 Å². The number of hydrogen-bond donors (Lipinski definition) is 0. The van der Waals surface area contributed by atoms with Gasteiger partial charge < -0.3 is 19.3 Å². The van der Waals surface area contributed by atoms with Crippen LogP contribution in [0.1, 0.15) is 55.6 Å². The molecule has 3 heterocycles. The topological polar surface area (TPSA) is 50.7 Å². The molecule has 2 aliphatic heterocycles. The smallest absolute Gasteiger partial charge is 0.161 e. The predicted octanol–water partition coefficient (Wildman–Crippen LogP) is 4.22. The molecular weight excluding hydrogens is 412 g/mol. The number of aromatic nitrogens is 2. The van der Waals surface area contributed by atoms with Gasteiger partial charge in [-0.3, -0.25) is 0 Å². The van der Waals surface area contributed by atoms with Crippen LogP contribution in [0, 0.1) is 5.92 Å². The van der Waals surface area contributed by atoms with E-state index in [1.54, 1.807) is 7.11 Å². The molecule has 4 rings (SSSR count). The molecule has 1 aromatic carbocycles. The summed E-state index contributed by atoms with van der Waals surface area (Å²) in [5.74, 6) is 3.30. The number of nitrogens with zero attached hydrogens (tertiary/aromatic N) is 4. The van der Waals surface area contributed by atoms with Crippen molar-refractivity contribution in [1.29, 1.82) is 0 Å². The van der Waals surface area contributed by atoms with Crippen LogP contribution in [0.25, 0.3) is 0 Å². The fourth-order valence-electron chi connectivity index (χ4n) is 4.97. The predicted molar refractivity (Wildman–Crippen MR) is 132 cm³/mol. The molecule has 2 saturated heterocycles. The summed E-state index contributed by atoms with van der Waals surface area (Å²) >= 11 is 0.